The Morgan fingerprint density at radius 2 is 1.30 bits per heavy atom. The van der Waals surface area contributed by atoms with Crippen molar-refractivity contribution in [2.75, 3.05) is 24.6 Å². The largest absolute Gasteiger partial charge is 0.748 e. The number of hydrogen-bond donors (Lipinski definition) is 0. The third-order valence-electron chi connectivity index (χ3n) is 4.14. The topological polar surface area (TPSA) is 0 Å². The summed E-state index contributed by atoms with van der Waals surface area (Å²) in [6.45, 7) is 9.40. The van der Waals surface area contributed by atoms with E-state index in [1.807, 2.05) is 30.3 Å². The Kier molecular flexibility index (Phi) is 14.5. The molecule has 0 spiro atoms. The first-order valence-corrected chi connectivity index (χ1v) is 12.4. The summed E-state index contributed by atoms with van der Waals surface area (Å²) in [5.41, 5.74) is 3.32. The van der Waals surface area contributed by atoms with Gasteiger partial charge >= 0.3 is 0 Å². The molecule has 0 aliphatic carbocycles. The molecule has 3 heteroatoms. The van der Waals surface area contributed by atoms with Gasteiger partial charge in [-0.15, -0.1) is 21.4 Å². The van der Waals surface area contributed by atoms with Crippen molar-refractivity contribution in [1.29, 1.82) is 0 Å². The maximum Gasteiger partial charge on any atom is 0 e. The predicted molar refractivity (Wildman–Crippen MR) is 107 cm³/mol. The van der Waals surface area contributed by atoms with Crippen molar-refractivity contribution < 1.29 is 17.1 Å². The summed E-state index contributed by atoms with van der Waals surface area (Å²) in [6, 6.07) is 17.0. The normalized spacial score (nSPS) is 10.3. The van der Waals surface area contributed by atoms with Crippen molar-refractivity contribution in [3.05, 3.63) is 59.7 Å². The van der Waals surface area contributed by atoms with E-state index in [0.29, 0.717) is 0 Å². The van der Waals surface area contributed by atoms with E-state index in [4.69, 9.17) is 0 Å². The second-order valence-electron chi connectivity index (χ2n) is 5.46. The third kappa shape index (κ3) is 9.22. The molecule has 0 saturated heterocycles. The summed E-state index contributed by atoms with van der Waals surface area (Å²) in [7, 11) is 0.501. The fourth-order valence-electron chi connectivity index (χ4n) is 2.50. The zero-order chi connectivity index (χ0) is 16.2. The van der Waals surface area contributed by atoms with E-state index in [0.717, 1.165) is 0 Å². The van der Waals surface area contributed by atoms with Crippen molar-refractivity contribution >= 4 is 15.8 Å². The van der Waals surface area contributed by atoms with Gasteiger partial charge in [0, 0.05) is 17.1 Å². The summed E-state index contributed by atoms with van der Waals surface area (Å²) < 4.78 is 0. The van der Waals surface area contributed by atoms with E-state index in [2.05, 4.69) is 45.9 Å². The second kappa shape index (κ2) is 14.4. The maximum atomic E-state index is 2.37. The van der Waals surface area contributed by atoms with Crippen LogP contribution in [0.15, 0.2) is 48.5 Å². The molecule has 2 aromatic rings. The van der Waals surface area contributed by atoms with Gasteiger partial charge in [0.05, 0.1) is 0 Å². The molecule has 2 aromatic carbocycles. The molecule has 0 aromatic heterocycles. The summed E-state index contributed by atoms with van der Waals surface area (Å²) in [5, 5.41) is 0. The number of rotatable bonds is 8. The Bertz CT molecular complexity index is 408. The van der Waals surface area contributed by atoms with Gasteiger partial charge in [0.25, 0.3) is 0 Å². The van der Waals surface area contributed by atoms with Gasteiger partial charge < -0.3 is 30.3 Å². The Morgan fingerprint density at radius 3 is 1.74 bits per heavy atom. The minimum Gasteiger partial charge on any atom is -0.748 e. The molecule has 0 aliphatic rings. The van der Waals surface area contributed by atoms with Gasteiger partial charge in [0.15, 0.2) is 0 Å². The molecule has 0 nitrogen and oxygen atoms in total. The Morgan fingerprint density at radius 1 is 0.826 bits per heavy atom. The van der Waals surface area contributed by atoms with Crippen LogP contribution in [0.25, 0.3) is 0 Å². The van der Waals surface area contributed by atoms with Crippen LogP contribution in [0, 0.1) is 0 Å². The summed E-state index contributed by atoms with van der Waals surface area (Å²) in [6.07, 6.45) is 8.25. The molecule has 0 amide bonds. The second-order valence-corrected chi connectivity index (χ2v) is 11.3. The fraction of sp³-hybridized carbons (Fsp3) is 0.500. The van der Waals surface area contributed by atoms with Crippen molar-refractivity contribution in [3.63, 3.8) is 0 Å². The van der Waals surface area contributed by atoms with Crippen LogP contribution in [-0.4, -0.2) is 24.6 Å². The van der Waals surface area contributed by atoms with Crippen LogP contribution < -0.4 is 0 Å². The maximum absolute atomic E-state index is 2.37. The van der Waals surface area contributed by atoms with Gasteiger partial charge in [0.2, 0.25) is 0 Å². The van der Waals surface area contributed by atoms with Gasteiger partial charge in [-0.05, 0) is 30.8 Å². The third-order valence-corrected chi connectivity index (χ3v) is 9.29. The van der Waals surface area contributed by atoms with Crippen molar-refractivity contribution in [2.24, 2.45) is 0 Å². The van der Waals surface area contributed by atoms with Crippen LogP contribution in [0.4, 0.5) is 0 Å². The smallest absolute Gasteiger partial charge is 0 e. The first-order chi connectivity index (χ1) is 10.7. The predicted octanol–water partition coefficient (Wildman–Crippen LogP) is 6.85. The Labute approximate surface area is 157 Å². The van der Waals surface area contributed by atoms with Gasteiger partial charge in [-0.2, -0.15) is 11.6 Å². The first-order valence-electron chi connectivity index (χ1n) is 8.59. The molecule has 0 fully saturated rings. The van der Waals surface area contributed by atoms with Crippen molar-refractivity contribution in [2.45, 2.75) is 40.0 Å². The van der Waals surface area contributed by atoms with Crippen LogP contribution in [-0.2, 0) is 29.4 Å². The standard InChI is InChI=1S/C15H27P2.C5H5.Fe/c1-5-16(6-2)12-14-10-9-11-15(14)13-17(7-3)8-4;1-2-4-5-3-1;/h9-11H,5-8,12-13H2,1-4H3;1-5H;/q-1;-5;. The van der Waals surface area contributed by atoms with Crippen LogP contribution in [0.1, 0.15) is 38.8 Å². The zero-order valence-corrected chi connectivity index (χ0v) is 18.0. The van der Waals surface area contributed by atoms with E-state index in [1.165, 1.54) is 37.0 Å². The Hall–Kier alpha value is 0.0795. The summed E-state index contributed by atoms with van der Waals surface area (Å²) in [4.78, 5) is 0. The average molecular weight is 390 g/mol. The van der Waals surface area contributed by atoms with Crippen LogP contribution in [0.5, 0.6) is 0 Å². The van der Waals surface area contributed by atoms with Crippen molar-refractivity contribution in [1.82, 2.24) is 0 Å². The van der Waals surface area contributed by atoms with E-state index in [1.54, 1.807) is 11.1 Å². The molecule has 0 heterocycles. The molecule has 0 unspecified atom stereocenters. The molecular formula is C20H32FeP2-6. The summed E-state index contributed by atoms with van der Waals surface area (Å²) in [5.74, 6) is 0. The van der Waals surface area contributed by atoms with E-state index < -0.39 is 0 Å². The van der Waals surface area contributed by atoms with Gasteiger partial charge in [0.1, 0.15) is 0 Å². The van der Waals surface area contributed by atoms with Crippen LogP contribution in [0.3, 0.4) is 0 Å². The molecule has 0 aliphatic heterocycles. The Balaban J connectivity index is 0.000000684. The molecular weight excluding hydrogens is 358 g/mol. The van der Waals surface area contributed by atoms with Gasteiger partial charge in [-0.1, -0.05) is 33.9 Å². The van der Waals surface area contributed by atoms with E-state index in [9.17, 15) is 0 Å². The van der Waals surface area contributed by atoms with E-state index in [-0.39, 0.29) is 32.9 Å². The molecule has 0 bridgehead atoms. The van der Waals surface area contributed by atoms with E-state index >= 15 is 0 Å². The first kappa shape index (κ1) is 23.1. The minimum absolute atomic E-state index is 0. The molecule has 0 saturated carbocycles. The molecule has 2 rings (SSSR count). The zero-order valence-electron chi connectivity index (χ0n) is 15.1. The molecule has 0 N–H and O–H groups in total. The van der Waals surface area contributed by atoms with Crippen LogP contribution in [0.2, 0.25) is 0 Å². The van der Waals surface area contributed by atoms with Gasteiger partial charge in [-0.3, -0.25) is 0 Å². The molecule has 136 valence electrons. The fourth-order valence-corrected chi connectivity index (χ4v) is 5.87. The SMILES string of the molecule is CCP(CC)Cc1ccc[c-]1CP(CC)CC.[Fe].[cH-]1[cH-][cH-][cH-][cH-]1. The molecule has 0 atom stereocenters. The van der Waals surface area contributed by atoms with Crippen LogP contribution >= 0.6 is 15.8 Å². The van der Waals surface area contributed by atoms with Gasteiger partial charge in [-0.25, -0.2) is 12.1 Å². The minimum atomic E-state index is 0. The summed E-state index contributed by atoms with van der Waals surface area (Å²) >= 11 is 0. The molecule has 0 radical (unpaired) electrons. The average Bonchev–Trinajstić information content (AvgIpc) is 3.25. The van der Waals surface area contributed by atoms with Crippen molar-refractivity contribution in [3.8, 4) is 0 Å². The quantitative estimate of drug-likeness (QED) is 0.263. The monoisotopic (exact) mass is 390 g/mol. The molecule has 23 heavy (non-hydrogen) atoms. The number of hydrogen-bond acceptors (Lipinski definition) is 0.